The maximum Gasteiger partial charge on any atom is 0.349 e. The molecule has 0 amide bonds. The summed E-state index contributed by atoms with van der Waals surface area (Å²) in [5, 5.41) is 0. The minimum absolute atomic E-state index is 0.0644. The van der Waals surface area contributed by atoms with Crippen LogP contribution in [0.3, 0.4) is 0 Å². The van der Waals surface area contributed by atoms with Crippen LogP contribution in [0, 0.1) is 5.82 Å². The first kappa shape index (κ1) is 20.4. The molecule has 0 N–H and O–H groups in total. The Morgan fingerprint density at radius 2 is 1.81 bits per heavy atom. The van der Waals surface area contributed by atoms with Gasteiger partial charge in [-0.15, -0.1) is 0 Å². The highest BCUT2D eigenvalue weighted by Gasteiger charge is 2.13. The van der Waals surface area contributed by atoms with Gasteiger partial charge in [-0.3, -0.25) is 0 Å². The molecule has 0 heterocycles. The Balaban J connectivity index is 2.02. The van der Waals surface area contributed by atoms with Gasteiger partial charge < -0.3 is 18.9 Å². The number of carbonyl (C=O) groups is 2. The lowest BCUT2D eigenvalue weighted by Crippen LogP contribution is -2.18. The molecule has 2 aromatic rings. The number of ether oxygens (including phenoxy) is 4. The van der Waals surface area contributed by atoms with Crippen molar-refractivity contribution in [3.8, 4) is 17.2 Å². The average Bonchev–Trinajstić information content (AvgIpc) is 2.66. The number of carbonyl (C=O) groups excluding carboxylic acids is 2. The number of methoxy groups -OCH3 is 2. The van der Waals surface area contributed by atoms with Crippen LogP contribution in [0.5, 0.6) is 17.2 Å². The number of esters is 2. The Kier molecular flexibility index (Phi) is 7.36. The quantitative estimate of drug-likeness (QED) is 0.372. The van der Waals surface area contributed by atoms with Gasteiger partial charge in [0.25, 0.3) is 0 Å². The summed E-state index contributed by atoms with van der Waals surface area (Å²) in [6, 6.07) is 8.93. The predicted molar refractivity (Wildman–Crippen MR) is 99.3 cm³/mol. The van der Waals surface area contributed by atoms with Crippen molar-refractivity contribution >= 4 is 33.9 Å². The fourth-order valence-corrected chi connectivity index (χ4v) is 2.32. The smallest absolute Gasteiger partial charge is 0.349 e. The van der Waals surface area contributed by atoms with E-state index >= 15 is 0 Å². The molecule has 0 bridgehead atoms. The number of rotatable bonds is 7. The number of hydrogen-bond donors (Lipinski definition) is 0. The molecule has 0 aliphatic carbocycles. The molecule has 27 heavy (non-hydrogen) atoms. The Labute approximate surface area is 163 Å². The second kappa shape index (κ2) is 9.72. The Morgan fingerprint density at radius 3 is 2.48 bits per heavy atom. The molecule has 2 rings (SSSR count). The van der Waals surface area contributed by atoms with Crippen molar-refractivity contribution in [2.75, 3.05) is 20.8 Å². The van der Waals surface area contributed by atoms with Crippen molar-refractivity contribution in [2.45, 2.75) is 0 Å². The van der Waals surface area contributed by atoms with Crippen LogP contribution in [0.1, 0.15) is 5.56 Å². The molecule has 8 heteroatoms. The SMILES string of the molecule is COC(=O)/C=C/c1ccc(OC(=O)COc2ccc(Br)cc2F)c(OC)c1. The summed E-state index contributed by atoms with van der Waals surface area (Å²) < 4.78 is 34.2. The molecule has 0 aliphatic heterocycles. The van der Waals surface area contributed by atoms with E-state index in [1.807, 2.05) is 0 Å². The van der Waals surface area contributed by atoms with Crippen LogP contribution in [0.25, 0.3) is 6.08 Å². The van der Waals surface area contributed by atoms with E-state index in [2.05, 4.69) is 20.7 Å². The van der Waals surface area contributed by atoms with Crippen molar-refractivity contribution < 1.29 is 32.9 Å². The van der Waals surface area contributed by atoms with Crippen molar-refractivity contribution in [3.05, 3.63) is 58.3 Å². The first-order chi connectivity index (χ1) is 12.9. The van der Waals surface area contributed by atoms with E-state index in [9.17, 15) is 14.0 Å². The molecular weight excluding hydrogens is 423 g/mol. The molecule has 2 aromatic carbocycles. The summed E-state index contributed by atoms with van der Waals surface area (Å²) in [5.41, 5.74) is 0.644. The highest BCUT2D eigenvalue weighted by molar-refractivity contribution is 9.10. The number of hydrogen-bond acceptors (Lipinski definition) is 6. The summed E-state index contributed by atoms with van der Waals surface area (Å²) >= 11 is 3.13. The van der Waals surface area contributed by atoms with Gasteiger partial charge in [0.05, 0.1) is 14.2 Å². The van der Waals surface area contributed by atoms with Gasteiger partial charge in [-0.05, 0) is 42.0 Å². The highest BCUT2D eigenvalue weighted by Crippen LogP contribution is 2.29. The Morgan fingerprint density at radius 1 is 1.07 bits per heavy atom. The van der Waals surface area contributed by atoms with E-state index in [0.29, 0.717) is 10.0 Å². The first-order valence-electron chi connectivity index (χ1n) is 7.65. The van der Waals surface area contributed by atoms with E-state index < -0.39 is 24.4 Å². The standard InChI is InChI=1S/C19H16BrFO6/c1-24-17-9-12(4-8-18(22)25-2)3-6-16(17)27-19(23)11-26-15-7-5-13(20)10-14(15)21/h3-10H,11H2,1-2H3/b8-4+. The zero-order chi connectivity index (χ0) is 19.8. The summed E-state index contributed by atoms with van der Waals surface area (Å²) in [6.07, 6.45) is 2.78. The number of benzene rings is 2. The summed E-state index contributed by atoms with van der Waals surface area (Å²) in [7, 11) is 2.69. The summed E-state index contributed by atoms with van der Waals surface area (Å²) in [4.78, 5) is 23.1. The van der Waals surface area contributed by atoms with Crippen molar-refractivity contribution in [2.24, 2.45) is 0 Å². The van der Waals surface area contributed by atoms with Gasteiger partial charge in [-0.1, -0.05) is 22.0 Å². The van der Waals surface area contributed by atoms with Crippen LogP contribution >= 0.6 is 15.9 Å². The van der Waals surface area contributed by atoms with Crippen molar-refractivity contribution in [1.82, 2.24) is 0 Å². The maximum atomic E-state index is 13.7. The second-order valence-electron chi connectivity index (χ2n) is 5.10. The fourth-order valence-electron chi connectivity index (χ4n) is 1.99. The topological polar surface area (TPSA) is 71.1 Å². The molecule has 0 spiro atoms. The van der Waals surface area contributed by atoms with Crippen LogP contribution in [-0.4, -0.2) is 32.8 Å². The molecule has 0 atom stereocenters. The van der Waals surface area contributed by atoms with Gasteiger partial charge in [-0.25, -0.2) is 14.0 Å². The average molecular weight is 439 g/mol. The highest BCUT2D eigenvalue weighted by atomic mass is 79.9. The maximum absolute atomic E-state index is 13.7. The van der Waals surface area contributed by atoms with Gasteiger partial charge in [0.15, 0.2) is 29.7 Å². The van der Waals surface area contributed by atoms with E-state index in [0.717, 1.165) is 0 Å². The normalized spacial score (nSPS) is 10.5. The van der Waals surface area contributed by atoms with Crippen LogP contribution in [0.15, 0.2) is 46.9 Å². The molecule has 0 fully saturated rings. The molecule has 0 aromatic heterocycles. The number of halogens is 2. The molecule has 142 valence electrons. The van der Waals surface area contributed by atoms with Gasteiger partial charge in [-0.2, -0.15) is 0 Å². The third-order valence-electron chi connectivity index (χ3n) is 3.26. The Bertz CT molecular complexity index is 865. The van der Waals surface area contributed by atoms with Crippen LogP contribution in [0.2, 0.25) is 0 Å². The molecule has 0 saturated heterocycles. The fraction of sp³-hybridized carbons (Fsp3) is 0.158. The lowest BCUT2D eigenvalue weighted by Gasteiger charge is -2.11. The molecule has 0 aliphatic rings. The van der Waals surface area contributed by atoms with Crippen molar-refractivity contribution in [1.29, 1.82) is 0 Å². The summed E-state index contributed by atoms with van der Waals surface area (Å²) in [5.74, 6) is -1.44. The van der Waals surface area contributed by atoms with Gasteiger partial charge in [0, 0.05) is 10.5 Å². The third kappa shape index (κ3) is 6.10. The monoisotopic (exact) mass is 438 g/mol. The van der Waals surface area contributed by atoms with Crippen LogP contribution in [0.4, 0.5) is 4.39 Å². The zero-order valence-corrected chi connectivity index (χ0v) is 16.1. The molecule has 0 radical (unpaired) electrons. The minimum Gasteiger partial charge on any atom is -0.493 e. The molecule has 6 nitrogen and oxygen atoms in total. The third-order valence-corrected chi connectivity index (χ3v) is 3.76. The van der Waals surface area contributed by atoms with Crippen molar-refractivity contribution in [3.63, 3.8) is 0 Å². The Hall–Kier alpha value is -2.87. The van der Waals surface area contributed by atoms with Gasteiger partial charge in [0.2, 0.25) is 0 Å². The largest absolute Gasteiger partial charge is 0.493 e. The molecule has 0 unspecified atom stereocenters. The molecule has 0 saturated carbocycles. The lowest BCUT2D eigenvalue weighted by atomic mass is 10.2. The zero-order valence-electron chi connectivity index (χ0n) is 14.5. The first-order valence-corrected chi connectivity index (χ1v) is 8.45. The second-order valence-corrected chi connectivity index (χ2v) is 6.02. The minimum atomic E-state index is -0.728. The lowest BCUT2D eigenvalue weighted by molar-refractivity contribution is -0.137. The van der Waals surface area contributed by atoms with E-state index in [4.69, 9.17) is 14.2 Å². The van der Waals surface area contributed by atoms with Crippen LogP contribution < -0.4 is 14.2 Å². The van der Waals surface area contributed by atoms with Gasteiger partial charge in [0.1, 0.15) is 0 Å². The summed E-state index contributed by atoms with van der Waals surface area (Å²) in [6.45, 7) is -0.480. The van der Waals surface area contributed by atoms with Crippen LogP contribution in [-0.2, 0) is 14.3 Å². The van der Waals surface area contributed by atoms with E-state index in [1.54, 1.807) is 18.2 Å². The van der Waals surface area contributed by atoms with E-state index in [-0.39, 0.29) is 17.2 Å². The predicted octanol–water partition coefficient (Wildman–Crippen LogP) is 3.77. The van der Waals surface area contributed by atoms with E-state index in [1.165, 1.54) is 44.6 Å². The molecular formula is C19H16BrFO6. The van der Waals surface area contributed by atoms with Gasteiger partial charge >= 0.3 is 11.9 Å².